The Hall–Kier alpha value is -3.00. The van der Waals surface area contributed by atoms with E-state index in [0.717, 1.165) is 12.4 Å². The summed E-state index contributed by atoms with van der Waals surface area (Å²) in [6, 6.07) is 4.27. The molecule has 0 fully saturated rings. The molecule has 11 heteroatoms. The Balaban J connectivity index is 0.00000155. The van der Waals surface area contributed by atoms with Crippen LogP contribution in [0.3, 0.4) is 0 Å². The second-order valence-corrected chi connectivity index (χ2v) is 7.71. The molecular formula is C19H20F3N5O2S. The number of nitriles is 1. The Morgan fingerprint density at radius 3 is 2.43 bits per heavy atom. The lowest BCUT2D eigenvalue weighted by molar-refractivity contribution is -0.141. The number of fused-ring (bicyclic) bond motifs is 1. The van der Waals surface area contributed by atoms with E-state index in [1.165, 1.54) is 29.1 Å². The van der Waals surface area contributed by atoms with Crippen molar-refractivity contribution in [1.29, 1.82) is 5.26 Å². The molecule has 0 amide bonds. The number of ether oxygens (including phenoxy) is 1. The number of pyridine rings is 1. The van der Waals surface area contributed by atoms with Crippen molar-refractivity contribution in [3.05, 3.63) is 36.5 Å². The quantitative estimate of drug-likeness (QED) is 0.603. The SMILES string of the molecule is CC.CS(=O)c1cc(OC(C)(C)C#N)cnc1-c1cn2cnc(C(F)(F)F)cc2n1. The lowest BCUT2D eigenvalue weighted by Crippen LogP contribution is -2.25. The molecule has 0 aliphatic heterocycles. The summed E-state index contributed by atoms with van der Waals surface area (Å²) in [6.07, 6.45) is 0.632. The van der Waals surface area contributed by atoms with Crippen molar-refractivity contribution < 1.29 is 22.1 Å². The van der Waals surface area contributed by atoms with E-state index in [9.17, 15) is 17.4 Å². The Labute approximate surface area is 174 Å². The second kappa shape index (κ2) is 8.79. The summed E-state index contributed by atoms with van der Waals surface area (Å²) in [5, 5.41) is 9.07. The van der Waals surface area contributed by atoms with Crippen LogP contribution < -0.4 is 4.74 Å². The third-order valence-electron chi connectivity index (χ3n) is 3.66. The van der Waals surface area contributed by atoms with Gasteiger partial charge in [0.2, 0.25) is 0 Å². The third-order valence-corrected chi connectivity index (χ3v) is 4.59. The van der Waals surface area contributed by atoms with Crippen LogP contribution in [0.15, 0.2) is 35.7 Å². The van der Waals surface area contributed by atoms with Crippen LogP contribution in [0.1, 0.15) is 33.4 Å². The maximum Gasteiger partial charge on any atom is 0.433 e. The van der Waals surface area contributed by atoms with Gasteiger partial charge < -0.3 is 4.74 Å². The first-order valence-corrected chi connectivity index (χ1v) is 10.4. The van der Waals surface area contributed by atoms with Crippen molar-refractivity contribution in [2.75, 3.05) is 6.26 Å². The Bertz CT molecular complexity index is 1120. The molecule has 3 heterocycles. The van der Waals surface area contributed by atoms with Gasteiger partial charge in [-0.05, 0) is 13.8 Å². The number of alkyl halides is 3. The summed E-state index contributed by atoms with van der Waals surface area (Å²) in [5.74, 6) is 0.241. The van der Waals surface area contributed by atoms with Crippen molar-refractivity contribution in [3.63, 3.8) is 0 Å². The molecule has 1 atom stereocenters. The van der Waals surface area contributed by atoms with E-state index in [4.69, 9.17) is 10.00 Å². The summed E-state index contributed by atoms with van der Waals surface area (Å²) in [4.78, 5) is 12.0. The molecule has 0 spiro atoms. The van der Waals surface area contributed by atoms with Gasteiger partial charge in [-0.2, -0.15) is 18.4 Å². The second-order valence-electron chi connectivity index (χ2n) is 6.36. The Kier molecular flexibility index (Phi) is 6.82. The van der Waals surface area contributed by atoms with E-state index in [2.05, 4.69) is 15.0 Å². The van der Waals surface area contributed by atoms with Gasteiger partial charge in [-0.25, -0.2) is 15.0 Å². The van der Waals surface area contributed by atoms with Crippen molar-refractivity contribution >= 4 is 16.4 Å². The molecule has 0 saturated carbocycles. The fraction of sp³-hybridized carbons (Fsp3) is 0.368. The van der Waals surface area contributed by atoms with Gasteiger partial charge in [0.05, 0.1) is 21.9 Å². The molecule has 3 aromatic rings. The molecule has 0 aliphatic carbocycles. The minimum Gasteiger partial charge on any atom is -0.471 e. The van der Waals surface area contributed by atoms with Crippen molar-refractivity contribution in [2.24, 2.45) is 0 Å². The van der Waals surface area contributed by atoms with Crippen LogP contribution in [0.4, 0.5) is 13.2 Å². The van der Waals surface area contributed by atoms with Gasteiger partial charge in [0, 0.05) is 24.6 Å². The van der Waals surface area contributed by atoms with Crippen LogP contribution in [0.2, 0.25) is 0 Å². The summed E-state index contributed by atoms with van der Waals surface area (Å²) >= 11 is 0. The molecule has 0 saturated heterocycles. The van der Waals surface area contributed by atoms with Crippen LogP contribution in [0.25, 0.3) is 17.0 Å². The predicted molar refractivity (Wildman–Crippen MR) is 105 cm³/mol. The maximum atomic E-state index is 12.8. The highest BCUT2D eigenvalue weighted by Gasteiger charge is 2.33. The van der Waals surface area contributed by atoms with E-state index < -0.39 is 28.3 Å². The van der Waals surface area contributed by atoms with Gasteiger partial charge in [0.25, 0.3) is 0 Å². The third kappa shape index (κ3) is 5.13. The van der Waals surface area contributed by atoms with Crippen LogP contribution >= 0.6 is 0 Å². The number of aromatic nitrogens is 4. The van der Waals surface area contributed by atoms with Crippen molar-refractivity contribution in [3.8, 4) is 23.2 Å². The van der Waals surface area contributed by atoms with Crippen LogP contribution in [-0.4, -0.2) is 35.4 Å². The molecule has 0 radical (unpaired) electrons. The number of hydrogen-bond donors (Lipinski definition) is 0. The topological polar surface area (TPSA) is 93.2 Å². The molecule has 0 bridgehead atoms. The monoisotopic (exact) mass is 439 g/mol. The van der Waals surface area contributed by atoms with Crippen LogP contribution in [0, 0.1) is 11.3 Å². The molecule has 0 aromatic carbocycles. The fourth-order valence-electron chi connectivity index (χ4n) is 2.37. The summed E-state index contributed by atoms with van der Waals surface area (Å²) in [5.41, 5.74) is -1.68. The predicted octanol–water partition coefficient (Wildman–Crippen LogP) is 4.25. The zero-order valence-electron chi connectivity index (χ0n) is 17.0. The van der Waals surface area contributed by atoms with Gasteiger partial charge in [-0.15, -0.1) is 0 Å². The number of hydrogen-bond acceptors (Lipinski definition) is 6. The summed E-state index contributed by atoms with van der Waals surface area (Å²) in [7, 11) is -1.49. The first-order valence-electron chi connectivity index (χ1n) is 8.86. The van der Waals surface area contributed by atoms with E-state index in [0.29, 0.717) is 0 Å². The minimum atomic E-state index is -4.59. The molecule has 7 nitrogen and oxygen atoms in total. The van der Waals surface area contributed by atoms with Crippen molar-refractivity contribution in [2.45, 2.75) is 44.4 Å². The van der Waals surface area contributed by atoms with E-state index in [-0.39, 0.29) is 27.7 Å². The molecule has 0 N–H and O–H groups in total. The highest BCUT2D eigenvalue weighted by atomic mass is 32.2. The smallest absolute Gasteiger partial charge is 0.433 e. The highest BCUT2D eigenvalue weighted by Crippen LogP contribution is 2.30. The maximum absolute atomic E-state index is 12.8. The van der Waals surface area contributed by atoms with Gasteiger partial charge in [-0.3, -0.25) is 8.61 Å². The largest absolute Gasteiger partial charge is 0.471 e. The minimum absolute atomic E-state index is 0.0258. The van der Waals surface area contributed by atoms with E-state index in [1.807, 2.05) is 19.9 Å². The van der Waals surface area contributed by atoms with Crippen LogP contribution in [0.5, 0.6) is 5.75 Å². The molecule has 30 heavy (non-hydrogen) atoms. The van der Waals surface area contributed by atoms with Gasteiger partial charge >= 0.3 is 6.18 Å². The van der Waals surface area contributed by atoms with E-state index in [1.54, 1.807) is 13.8 Å². The zero-order valence-corrected chi connectivity index (χ0v) is 17.8. The van der Waals surface area contributed by atoms with E-state index >= 15 is 0 Å². The average molecular weight is 439 g/mol. The first kappa shape index (κ1) is 23.3. The number of imidazole rings is 1. The fourth-order valence-corrected chi connectivity index (χ4v) is 3.08. The molecular weight excluding hydrogens is 419 g/mol. The van der Waals surface area contributed by atoms with Gasteiger partial charge in [0.15, 0.2) is 5.60 Å². The van der Waals surface area contributed by atoms with Gasteiger partial charge in [0.1, 0.15) is 40.9 Å². The number of halogens is 3. The van der Waals surface area contributed by atoms with Crippen LogP contribution in [-0.2, 0) is 17.0 Å². The normalized spacial score (nSPS) is 12.6. The summed E-state index contributed by atoms with van der Waals surface area (Å²) < 4.78 is 57.5. The standard InChI is InChI=1S/C17H14F3N5O2S.C2H6/c1-16(2,8-21)27-10-4-12(28(3)26)15(22-6-10)11-7-25-9-23-13(17(18,19)20)5-14(25)24-11;1-2/h4-7,9H,1-3H3;1-2H3. The molecule has 160 valence electrons. The molecule has 1 unspecified atom stereocenters. The summed E-state index contributed by atoms with van der Waals surface area (Å²) in [6.45, 7) is 7.13. The van der Waals surface area contributed by atoms with Gasteiger partial charge in [-0.1, -0.05) is 13.8 Å². The highest BCUT2D eigenvalue weighted by molar-refractivity contribution is 7.84. The Morgan fingerprint density at radius 1 is 1.20 bits per heavy atom. The molecule has 0 aliphatic rings. The molecule has 3 aromatic heterocycles. The lowest BCUT2D eigenvalue weighted by Gasteiger charge is -2.18. The van der Waals surface area contributed by atoms with Crippen molar-refractivity contribution in [1.82, 2.24) is 19.4 Å². The number of rotatable bonds is 4. The average Bonchev–Trinajstić information content (AvgIpc) is 3.11. The lowest BCUT2D eigenvalue weighted by atomic mass is 10.2. The molecule has 3 rings (SSSR count). The first-order chi connectivity index (χ1) is 14.0. The number of nitrogens with zero attached hydrogens (tertiary/aromatic N) is 5. The zero-order chi connectivity index (χ0) is 22.7. The Morgan fingerprint density at radius 2 is 1.87 bits per heavy atom.